The van der Waals surface area contributed by atoms with E-state index in [9.17, 15) is 13.2 Å². The number of aryl methyl sites for hydroxylation is 1. The van der Waals surface area contributed by atoms with Crippen LogP contribution in [0.15, 0.2) is 47.4 Å². The maximum Gasteiger partial charge on any atom is 0.255 e. The van der Waals surface area contributed by atoms with Crippen LogP contribution in [0.2, 0.25) is 0 Å². The van der Waals surface area contributed by atoms with E-state index in [4.69, 9.17) is 0 Å². The molecule has 0 atom stereocenters. The Morgan fingerprint density at radius 1 is 1.00 bits per heavy atom. The lowest BCUT2D eigenvalue weighted by Crippen LogP contribution is -2.23. The summed E-state index contributed by atoms with van der Waals surface area (Å²) in [4.78, 5) is 14.9. The zero-order chi connectivity index (χ0) is 20.2. The van der Waals surface area contributed by atoms with Gasteiger partial charge in [-0.05, 0) is 62.7 Å². The van der Waals surface area contributed by atoms with Crippen molar-refractivity contribution in [2.24, 2.45) is 0 Å². The van der Waals surface area contributed by atoms with Crippen LogP contribution in [-0.2, 0) is 10.0 Å². The molecule has 0 aliphatic heterocycles. The second-order valence-electron chi connectivity index (χ2n) is 6.44. The fraction of sp³-hybridized carbons (Fsp3) is 0.350. The molecule has 1 amide bonds. The fourth-order valence-electron chi connectivity index (χ4n) is 2.71. The molecule has 2 rings (SSSR count). The minimum absolute atomic E-state index is 0.144. The molecule has 2 aromatic rings. The van der Waals surface area contributed by atoms with Crippen LogP contribution in [0.5, 0.6) is 0 Å². The molecule has 0 unspecified atom stereocenters. The summed E-state index contributed by atoms with van der Waals surface area (Å²) in [6.45, 7) is 7.79. The molecule has 0 aliphatic carbocycles. The molecule has 0 aliphatic rings. The first-order valence-corrected chi connectivity index (χ1v) is 10.3. The number of sulfonamides is 1. The molecule has 0 saturated heterocycles. The van der Waals surface area contributed by atoms with E-state index in [1.807, 2.05) is 19.1 Å². The molecular weight excluding hydrogens is 362 g/mol. The Labute approximate surface area is 161 Å². The lowest BCUT2D eigenvalue weighted by atomic mass is 10.1. The molecule has 0 heterocycles. The summed E-state index contributed by atoms with van der Waals surface area (Å²) in [5.41, 5.74) is 2.86. The minimum Gasteiger partial charge on any atom is -0.372 e. The number of hydrogen-bond acceptors (Lipinski definition) is 4. The molecular formula is C20H27N3O3S. The average molecular weight is 390 g/mol. The smallest absolute Gasteiger partial charge is 0.255 e. The van der Waals surface area contributed by atoms with Gasteiger partial charge in [0.15, 0.2) is 0 Å². The standard InChI is InChI=1S/C20H27N3O3S/c1-6-23(7-2)17-11-9-16(10-12-17)20(24)21-19-14-18(13-8-15(19)3)27(25,26)22(4)5/h8-14H,6-7H2,1-5H3,(H,21,24). The molecule has 146 valence electrons. The van der Waals surface area contributed by atoms with E-state index in [1.165, 1.54) is 20.2 Å². The van der Waals surface area contributed by atoms with E-state index in [-0.39, 0.29) is 10.8 Å². The average Bonchev–Trinajstić information content (AvgIpc) is 2.64. The van der Waals surface area contributed by atoms with Crippen molar-refractivity contribution in [3.8, 4) is 0 Å². The second-order valence-corrected chi connectivity index (χ2v) is 8.59. The maximum absolute atomic E-state index is 12.6. The first-order valence-electron chi connectivity index (χ1n) is 8.90. The van der Waals surface area contributed by atoms with Gasteiger partial charge < -0.3 is 10.2 Å². The number of benzene rings is 2. The van der Waals surface area contributed by atoms with Gasteiger partial charge in [0.05, 0.1) is 4.90 Å². The predicted octanol–water partition coefficient (Wildman–Crippen LogP) is 3.34. The molecule has 0 aromatic heterocycles. The fourth-order valence-corrected chi connectivity index (χ4v) is 3.64. The summed E-state index contributed by atoms with van der Waals surface area (Å²) >= 11 is 0. The van der Waals surface area contributed by atoms with Crippen molar-refractivity contribution in [2.45, 2.75) is 25.7 Å². The summed E-state index contributed by atoms with van der Waals surface area (Å²) < 4.78 is 25.8. The van der Waals surface area contributed by atoms with E-state index in [0.717, 1.165) is 28.6 Å². The zero-order valence-electron chi connectivity index (χ0n) is 16.5. The third-order valence-corrected chi connectivity index (χ3v) is 6.30. The van der Waals surface area contributed by atoms with Gasteiger partial charge >= 0.3 is 0 Å². The largest absolute Gasteiger partial charge is 0.372 e. The van der Waals surface area contributed by atoms with Crippen molar-refractivity contribution in [2.75, 3.05) is 37.4 Å². The summed E-state index contributed by atoms with van der Waals surface area (Å²) in [5, 5.41) is 2.82. The van der Waals surface area contributed by atoms with Gasteiger partial charge in [-0.25, -0.2) is 12.7 Å². The molecule has 0 saturated carbocycles. The van der Waals surface area contributed by atoms with E-state index in [2.05, 4.69) is 24.1 Å². The van der Waals surface area contributed by atoms with Gasteiger partial charge in [-0.1, -0.05) is 6.07 Å². The maximum atomic E-state index is 12.6. The van der Waals surface area contributed by atoms with E-state index >= 15 is 0 Å². The Morgan fingerprint density at radius 2 is 1.59 bits per heavy atom. The molecule has 0 radical (unpaired) electrons. The lowest BCUT2D eigenvalue weighted by Gasteiger charge is -2.21. The Bertz CT molecular complexity index is 903. The van der Waals surface area contributed by atoms with Crippen LogP contribution >= 0.6 is 0 Å². The molecule has 0 fully saturated rings. The highest BCUT2D eigenvalue weighted by Crippen LogP contribution is 2.23. The van der Waals surface area contributed by atoms with Crippen molar-refractivity contribution in [3.05, 3.63) is 53.6 Å². The number of rotatable bonds is 7. The summed E-state index contributed by atoms with van der Waals surface area (Å²) in [6, 6.07) is 12.1. The molecule has 0 spiro atoms. The van der Waals surface area contributed by atoms with Gasteiger partial charge in [-0.15, -0.1) is 0 Å². The number of hydrogen-bond donors (Lipinski definition) is 1. The Kier molecular flexibility index (Phi) is 6.62. The SMILES string of the molecule is CCN(CC)c1ccc(C(=O)Nc2cc(S(=O)(=O)N(C)C)ccc2C)cc1. The van der Waals surface area contributed by atoms with Crippen molar-refractivity contribution in [3.63, 3.8) is 0 Å². The predicted molar refractivity (Wildman–Crippen MR) is 110 cm³/mol. The zero-order valence-corrected chi connectivity index (χ0v) is 17.3. The topological polar surface area (TPSA) is 69.7 Å². The molecule has 1 N–H and O–H groups in total. The van der Waals surface area contributed by atoms with Crippen molar-refractivity contribution in [1.82, 2.24) is 4.31 Å². The Hall–Kier alpha value is -2.38. The molecule has 27 heavy (non-hydrogen) atoms. The van der Waals surface area contributed by atoms with Crippen molar-refractivity contribution >= 4 is 27.3 Å². The normalized spacial score (nSPS) is 11.5. The monoisotopic (exact) mass is 389 g/mol. The number of nitrogens with one attached hydrogen (secondary N) is 1. The number of nitrogens with zero attached hydrogens (tertiary/aromatic N) is 2. The third kappa shape index (κ3) is 4.67. The third-order valence-electron chi connectivity index (χ3n) is 4.49. The van der Waals surface area contributed by atoms with Crippen LogP contribution in [0, 0.1) is 6.92 Å². The molecule has 0 bridgehead atoms. The van der Waals surface area contributed by atoms with E-state index in [0.29, 0.717) is 11.3 Å². The van der Waals surface area contributed by atoms with E-state index in [1.54, 1.807) is 24.3 Å². The number of amides is 1. The van der Waals surface area contributed by atoms with Crippen LogP contribution in [-0.4, -0.2) is 45.8 Å². The number of anilines is 2. The highest BCUT2D eigenvalue weighted by Gasteiger charge is 2.19. The van der Waals surface area contributed by atoms with Crippen molar-refractivity contribution in [1.29, 1.82) is 0 Å². The summed E-state index contributed by atoms with van der Waals surface area (Å²) in [6.07, 6.45) is 0. The van der Waals surface area contributed by atoms with Gasteiger partial charge in [0.1, 0.15) is 0 Å². The molecule has 2 aromatic carbocycles. The highest BCUT2D eigenvalue weighted by atomic mass is 32.2. The van der Waals surface area contributed by atoms with Gasteiger partial charge in [0, 0.05) is 44.1 Å². The number of carbonyl (C=O) groups excluding carboxylic acids is 1. The van der Waals surface area contributed by atoms with Crippen LogP contribution in [0.3, 0.4) is 0 Å². The van der Waals surface area contributed by atoms with Crippen LogP contribution in [0.25, 0.3) is 0 Å². The Morgan fingerprint density at radius 3 is 2.11 bits per heavy atom. The van der Waals surface area contributed by atoms with Crippen LogP contribution < -0.4 is 10.2 Å². The summed E-state index contributed by atoms with van der Waals surface area (Å²) in [5.74, 6) is -0.274. The summed E-state index contributed by atoms with van der Waals surface area (Å²) in [7, 11) is -0.607. The van der Waals surface area contributed by atoms with Crippen LogP contribution in [0.4, 0.5) is 11.4 Å². The quantitative estimate of drug-likeness (QED) is 0.788. The number of carbonyl (C=O) groups is 1. The van der Waals surface area contributed by atoms with Gasteiger partial charge in [0.25, 0.3) is 5.91 Å². The van der Waals surface area contributed by atoms with Gasteiger partial charge in [-0.3, -0.25) is 4.79 Å². The minimum atomic E-state index is -3.56. The highest BCUT2D eigenvalue weighted by molar-refractivity contribution is 7.89. The van der Waals surface area contributed by atoms with Crippen molar-refractivity contribution < 1.29 is 13.2 Å². The lowest BCUT2D eigenvalue weighted by molar-refractivity contribution is 0.102. The van der Waals surface area contributed by atoms with E-state index < -0.39 is 10.0 Å². The molecule has 7 heteroatoms. The van der Waals surface area contributed by atoms with Crippen LogP contribution in [0.1, 0.15) is 29.8 Å². The second kappa shape index (κ2) is 8.54. The first-order chi connectivity index (χ1) is 12.7. The van der Waals surface area contributed by atoms with Gasteiger partial charge in [0.2, 0.25) is 10.0 Å². The van der Waals surface area contributed by atoms with Gasteiger partial charge in [-0.2, -0.15) is 0 Å². The molecule has 6 nitrogen and oxygen atoms in total. The first kappa shape index (κ1) is 20.9. The Balaban J connectivity index is 2.25.